The van der Waals surface area contributed by atoms with Crippen LogP contribution in [0, 0.1) is 12.3 Å². The van der Waals surface area contributed by atoms with Gasteiger partial charge in [0.2, 0.25) is 0 Å². The molecule has 0 radical (unpaired) electrons. The summed E-state index contributed by atoms with van der Waals surface area (Å²) in [5.74, 6) is 2.92. The van der Waals surface area contributed by atoms with Gasteiger partial charge in [-0.2, -0.15) is 0 Å². The number of thioether (sulfide) groups is 1. The summed E-state index contributed by atoms with van der Waals surface area (Å²) in [6.45, 7) is 4.60. The molecule has 2 amide bonds. The smallest absolute Gasteiger partial charge is 0.294 e. The molecule has 1 aromatic rings. The fraction of sp³-hybridized carbons (Fsp3) is 0.294. The summed E-state index contributed by atoms with van der Waals surface area (Å²) in [6.07, 6.45) is 6.73. The van der Waals surface area contributed by atoms with E-state index in [0.717, 1.165) is 16.7 Å². The van der Waals surface area contributed by atoms with Crippen LogP contribution >= 0.6 is 23.4 Å². The van der Waals surface area contributed by atoms with Crippen LogP contribution in [0.3, 0.4) is 0 Å². The van der Waals surface area contributed by atoms with Gasteiger partial charge in [-0.25, -0.2) is 0 Å². The lowest BCUT2D eigenvalue weighted by atomic mass is 10.1. The van der Waals surface area contributed by atoms with E-state index in [1.807, 2.05) is 13.8 Å². The fourth-order valence-corrected chi connectivity index (χ4v) is 3.10. The third kappa shape index (κ3) is 3.86. The summed E-state index contributed by atoms with van der Waals surface area (Å²) in [5, 5.41) is 0.00180. The second kappa shape index (κ2) is 8.13. The Labute approximate surface area is 149 Å². The molecule has 2 rings (SSSR count). The monoisotopic (exact) mass is 365 g/mol. The molecule has 5 nitrogen and oxygen atoms in total. The van der Waals surface area contributed by atoms with Crippen molar-refractivity contribution in [1.29, 1.82) is 0 Å². The van der Waals surface area contributed by atoms with E-state index in [1.54, 1.807) is 18.2 Å². The number of ether oxygens (including phenoxy) is 2. The average molecular weight is 366 g/mol. The summed E-state index contributed by atoms with van der Waals surface area (Å²) in [5.41, 5.74) is 0.565. The highest BCUT2D eigenvalue weighted by molar-refractivity contribution is 8.18. The molecule has 24 heavy (non-hydrogen) atoms. The first-order chi connectivity index (χ1) is 11.5. The first-order valence-corrected chi connectivity index (χ1v) is 8.49. The molecule has 1 fully saturated rings. The minimum atomic E-state index is -0.425. The number of carbonyl (C=O) groups excluding carboxylic acids is 2. The van der Waals surface area contributed by atoms with Crippen molar-refractivity contribution in [3.63, 3.8) is 0 Å². The van der Waals surface area contributed by atoms with Crippen LogP contribution in [-0.2, 0) is 4.79 Å². The van der Waals surface area contributed by atoms with Gasteiger partial charge in [0, 0.05) is 6.07 Å². The highest BCUT2D eigenvalue weighted by Crippen LogP contribution is 2.37. The number of hydrogen-bond acceptors (Lipinski definition) is 5. The van der Waals surface area contributed by atoms with Crippen LogP contribution in [0.4, 0.5) is 4.79 Å². The number of nitrogens with zero attached hydrogens (tertiary/aromatic N) is 1. The van der Waals surface area contributed by atoms with E-state index >= 15 is 0 Å². The lowest BCUT2D eigenvalue weighted by Gasteiger charge is -2.13. The Kier molecular flexibility index (Phi) is 6.18. The van der Waals surface area contributed by atoms with Gasteiger partial charge in [-0.05, 0) is 43.3 Å². The van der Waals surface area contributed by atoms with E-state index in [1.165, 1.54) is 0 Å². The molecule has 1 aromatic carbocycles. The highest BCUT2D eigenvalue weighted by Gasteiger charge is 2.34. The molecule has 0 bridgehead atoms. The van der Waals surface area contributed by atoms with Gasteiger partial charge in [-0.15, -0.1) is 6.42 Å². The maximum Gasteiger partial charge on any atom is 0.294 e. The molecule has 0 spiro atoms. The van der Waals surface area contributed by atoms with Crippen LogP contribution in [0.25, 0.3) is 6.08 Å². The van der Waals surface area contributed by atoms with Crippen LogP contribution < -0.4 is 9.47 Å². The van der Waals surface area contributed by atoms with Crippen molar-refractivity contribution in [2.75, 3.05) is 19.8 Å². The van der Waals surface area contributed by atoms with Crippen LogP contribution in [0.1, 0.15) is 19.4 Å². The predicted octanol–water partition coefficient (Wildman–Crippen LogP) is 3.81. The van der Waals surface area contributed by atoms with E-state index in [-0.39, 0.29) is 11.4 Å². The number of benzene rings is 1. The highest BCUT2D eigenvalue weighted by atomic mass is 35.5. The number of imide groups is 1. The second-order valence-electron chi connectivity index (χ2n) is 4.66. The van der Waals surface area contributed by atoms with Gasteiger partial charge in [-0.1, -0.05) is 17.5 Å². The lowest BCUT2D eigenvalue weighted by Crippen LogP contribution is -2.28. The Hall–Kier alpha value is -2.10. The van der Waals surface area contributed by atoms with Gasteiger partial charge in [0.1, 0.15) is 0 Å². The van der Waals surface area contributed by atoms with Crippen molar-refractivity contribution in [3.8, 4) is 23.8 Å². The zero-order valence-corrected chi connectivity index (χ0v) is 14.9. The first-order valence-electron chi connectivity index (χ1n) is 7.29. The minimum absolute atomic E-state index is 0.0524. The van der Waals surface area contributed by atoms with Crippen molar-refractivity contribution in [1.82, 2.24) is 4.90 Å². The molecule has 0 aromatic heterocycles. The van der Waals surface area contributed by atoms with E-state index < -0.39 is 11.1 Å². The van der Waals surface area contributed by atoms with Gasteiger partial charge in [0.25, 0.3) is 11.1 Å². The number of amides is 2. The largest absolute Gasteiger partial charge is 0.490 e. The van der Waals surface area contributed by atoms with Gasteiger partial charge in [-0.3, -0.25) is 14.5 Å². The van der Waals surface area contributed by atoms with Gasteiger partial charge >= 0.3 is 0 Å². The van der Waals surface area contributed by atoms with E-state index in [9.17, 15) is 9.59 Å². The topological polar surface area (TPSA) is 55.8 Å². The van der Waals surface area contributed by atoms with E-state index in [4.69, 9.17) is 27.5 Å². The molecule has 0 unspecified atom stereocenters. The molecular formula is C17H16ClNO4S. The normalized spacial score (nSPS) is 15.8. The molecule has 1 heterocycles. The van der Waals surface area contributed by atoms with Crippen molar-refractivity contribution in [2.24, 2.45) is 0 Å². The first kappa shape index (κ1) is 18.2. The molecule has 0 aliphatic carbocycles. The molecule has 126 valence electrons. The standard InChI is InChI=1S/C17H16ClNO4S/c1-4-7-19-16(20)15(24-17(19)21)9-11-8-13(22-5-2)14(23-6-3)10-12(11)18/h1,8-10H,5-7H2,2-3H3/b15-9-. The maximum atomic E-state index is 12.2. The summed E-state index contributed by atoms with van der Waals surface area (Å²) < 4.78 is 11.0. The predicted molar refractivity (Wildman–Crippen MR) is 95.3 cm³/mol. The van der Waals surface area contributed by atoms with Crippen LogP contribution in [0.15, 0.2) is 17.0 Å². The van der Waals surface area contributed by atoms with Crippen molar-refractivity contribution >= 4 is 40.6 Å². The molecule has 1 aliphatic rings. The number of carbonyl (C=O) groups is 2. The molecule has 1 aliphatic heterocycles. The third-order valence-corrected chi connectivity index (χ3v) is 4.31. The third-order valence-electron chi connectivity index (χ3n) is 3.07. The zero-order chi connectivity index (χ0) is 17.7. The fourth-order valence-electron chi connectivity index (χ4n) is 2.07. The lowest BCUT2D eigenvalue weighted by molar-refractivity contribution is -0.122. The summed E-state index contributed by atoms with van der Waals surface area (Å²) >= 11 is 7.10. The van der Waals surface area contributed by atoms with Crippen molar-refractivity contribution in [2.45, 2.75) is 13.8 Å². The van der Waals surface area contributed by atoms with E-state index in [0.29, 0.717) is 35.3 Å². The molecule has 0 atom stereocenters. The average Bonchev–Trinajstić information content (AvgIpc) is 2.80. The maximum absolute atomic E-state index is 12.2. The quantitative estimate of drug-likeness (QED) is 0.566. The zero-order valence-electron chi connectivity index (χ0n) is 13.3. The summed E-state index contributed by atoms with van der Waals surface area (Å²) in [6, 6.07) is 3.32. The Morgan fingerprint density at radius 2 is 1.88 bits per heavy atom. The Bertz CT molecular complexity index is 739. The molecule has 7 heteroatoms. The van der Waals surface area contributed by atoms with Crippen LogP contribution in [-0.4, -0.2) is 35.8 Å². The van der Waals surface area contributed by atoms with Gasteiger partial charge < -0.3 is 9.47 Å². The van der Waals surface area contributed by atoms with Crippen molar-refractivity contribution in [3.05, 3.63) is 27.6 Å². The van der Waals surface area contributed by atoms with Crippen molar-refractivity contribution < 1.29 is 19.1 Å². The Morgan fingerprint density at radius 3 is 2.46 bits per heavy atom. The summed E-state index contributed by atoms with van der Waals surface area (Å²) in [4.78, 5) is 25.3. The number of halogens is 1. The van der Waals surface area contributed by atoms with Crippen LogP contribution in [0.2, 0.25) is 5.02 Å². The Morgan fingerprint density at radius 1 is 1.25 bits per heavy atom. The van der Waals surface area contributed by atoms with Gasteiger partial charge in [0.05, 0.1) is 29.7 Å². The molecule has 0 saturated carbocycles. The SMILES string of the molecule is C#CCN1C(=O)S/C(=C\c2cc(OCC)c(OCC)cc2Cl)C1=O. The van der Waals surface area contributed by atoms with Crippen LogP contribution in [0.5, 0.6) is 11.5 Å². The second-order valence-corrected chi connectivity index (χ2v) is 6.06. The Balaban J connectivity index is 2.39. The molecular weight excluding hydrogens is 350 g/mol. The number of hydrogen-bond donors (Lipinski definition) is 0. The number of rotatable bonds is 6. The number of terminal acetylenes is 1. The molecule has 0 N–H and O–H groups in total. The van der Waals surface area contributed by atoms with Gasteiger partial charge in [0.15, 0.2) is 11.5 Å². The van der Waals surface area contributed by atoms with E-state index in [2.05, 4.69) is 5.92 Å². The minimum Gasteiger partial charge on any atom is -0.490 e. The molecule has 1 saturated heterocycles. The summed E-state index contributed by atoms with van der Waals surface area (Å²) in [7, 11) is 0.